The molecule has 1 aromatic carbocycles. The van der Waals surface area contributed by atoms with Crippen molar-refractivity contribution in [2.75, 3.05) is 5.75 Å². The highest BCUT2D eigenvalue weighted by molar-refractivity contribution is 8.00. The van der Waals surface area contributed by atoms with Gasteiger partial charge in [-0.3, -0.25) is 4.79 Å². The largest absolute Gasteiger partial charge is 0.293 e. The number of halogens is 2. The maximum Gasteiger partial charge on any atom is 0.174 e. The van der Waals surface area contributed by atoms with Crippen LogP contribution in [0.4, 0.5) is 0 Å². The molecule has 2 rings (SSSR count). The van der Waals surface area contributed by atoms with Gasteiger partial charge in [-0.1, -0.05) is 23.2 Å². The molecule has 0 radical (unpaired) electrons. The number of Topliss-reactive ketones (excluding diaryl/α,β-unsaturated/α-hetero) is 1. The van der Waals surface area contributed by atoms with Crippen LogP contribution in [0, 0.1) is 0 Å². The second-order valence-corrected chi connectivity index (χ2v) is 4.31. The van der Waals surface area contributed by atoms with Crippen LogP contribution in [0.15, 0.2) is 17.0 Å². The molecule has 0 saturated heterocycles. The summed E-state index contributed by atoms with van der Waals surface area (Å²) >= 11 is 13.1. The molecule has 62 valence electrons. The molecular formula is C8H4Cl2OS. The molecule has 0 unspecified atom stereocenters. The minimum Gasteiger partial charge on any atom is -0.293 e. The van der Waals surface area contributed by atoms with Crippen molar-refractivity contribution < 1.29 is 4.79 Å². The highest BCUT2D eigenvalue weighted by atomic mass is 35.5. The lowest BCUT2D eigenvalue weighted by molar-refractivity contribution is 0.102. The van der Waals surface area contributed by atoms with Crippen LogP contribution in [0.5, 0.6) is 0 Å². The molecule has 12 heavy (non-hydrogen) atoms. The Balaban J connectivity index is 2.68. The van der Waals surface area contributed by atoms with Crippen molar-refractivity contribution >= 4 is 40.7 Å². The van der Waals surface area contributed by atoms with Crippen LogP contribution in [0.1, 0.15) is 10.4 Å². The van der Waals surface area contributed by atoms with Gasteiger partial charge in [0.15, 0.2) is 5.78 Å². The van der Waals surface area contributed by atoms with Crippen LogP contribution in [-0.2, 0) is 0 Å². The van der Waals surface area contributed by atoms with Crippen LogP contribution in [0.3, 0.4) is 0 Å². The molecule has 1 aromatic rings. The highest BCUT2D eigenvalue weighted by Gasteiger charge is 2.22. The molecule has 0 aliphatic carbocycles. The lowest BCUT2D eigenvalue weighted by Crippen LogP contribution is -1.94. The number of fused-ring (bicyclic) bond motifs is 1. The van der Waals surface area contributed by atoms with Gasteiger partial charge in [0, 0.05) is 15.5 Å². The van der Waals surface area contributed by atoms with Gasteiger partial charge in [-0.05, 0) is 12.1 Å². The lowest BCUT2D eigenvalue weighted by atomic mass is 10.1. The summed E-state index contributed by atoms with van der Waals surface area (Å²) in [6.07, 6.45) is 0. The van der Waals surface area contributed by atoms with E-state index in [1.807, 2.05) is 0 Å². The Hall–Kier alpha value is -0.180. The Labute approximate surface area is 84.0 Å². The van der Waals surface area contributed by atoms with Gasteiger partial charge in [-0.25, -0.2) is 0 Å². The van der Waals surface area contributed by atoms with E-state index in [1.165, 1.54) is 11.8 Å². The van der Waals surface area contributed by atoms with Gasteiger partial charge in [0.2, 0.25) is 0 Å². The lowest BCUT2D eigenvalue weighted by Gasteiger charge is -1.99. The summed E-state index contributed by atoms with van der Waals surface area (Å²) in [6, 6.07) is 3.33. The van der Waals surface area contributed by atoms with E-state index in [-0.39, 0.29) is 5.78 Å². The number of carbonyl (C=O) groups excluding carboxylic acids is 1. The first kappa shape index (κ1) is 8.42. The van der Waals surface area contributed by atoms with E-state index in [4.69, 9.17) is 23.2 Å². The third-order valence-electron chi connectivity index (χ3n) is 1.66. The monoisotopic (exact) mass is 218 g/mol. The molecule has 0 spiro atoms. The first-order valence-corrected chi connectivity index (χ1v) is 5.07. The third-order valence-corrected chi connectivity index (χ3v) is 3.42. The zero-order chi connectivity index (χ0) is 8.72. The summed E-state index contributed by atoms with van der Waals surface area (Å²) in [6.45, 7) is 0. The fourth-order valence-corrected chi connectivity index (χ4v) is 2.74. The second-order valence-electron chi connectivity index (χ2n) is 2.48. The van der Waals surface area contributed by atoms with Crippen molar-refractivity contribution in [3.63, 3.8) is 0 Å². The minimum atomic E-state index is 0.111. The summed E-state index contributed by atoms with van der Waals surface area (Å²) < 4.78 is 0. The summed E-state index contributed by atoms with van der Waals surface area (Å²) in [5.41, 5.74) is 0.664. The molecule has 0 saturated carbocycles. The Morgan fingerprint density at radius 2 is 2.08 bits per heavy atom. The number of hydrogen-bond acceptors (Lipinski definition) is 2. The van der Waals surface area contributed by atoms with E-state index in [0.29, 0.717) is 21.4 Å². The topological polar surface area (TPSA) is 17.1 Å². The van der Waals surface area contributed by atoms with Crippen LogP contribution in [0.25, 0.3) is 0 Å². The van der Waals surface area contributed by atoms with E-state index in [1.54, 1.807) is 12.1 Å². The molecule has 1 heterocycles. The molecule has 0 amide bonds. The number of ketones is 1. The van der Waals surface area contributed by atoms with Crippen molar-refractivity contribution in [1.82, 2.24) is 0 Å². The summed E-state index contributed by atoms with van der Waals surface area (Å²) in [5, 5.41) is 1.10. The van der Waals surface area contributed by atoms with Gasteiger partial charge in [0.25, 0.3) is 0 Å². The molecule has 1 nitrogen and oxygen atoms in total. The van der Waals surface area contributed by atoms with Gasteiger partial charge in [0.05, 0.1) is 10.8 Å². The van der Waals surface area contributed by atoms with Crippen LogP contribution in [0.2, 0.25) is 10.0 Å². The molecule has 0 N–H and O–H groups in total. The van der Waals surface area contributed by atoms with Crippen LogP contribution >= 0.6 is 35.0 Å². The normalized spacial score (nSPS) is 15.0. The fraction of sp³-hybridized carbons (Fsp3) is 0.125. The van der Waals surface area contributed by atoms with E-state index >= 15 is 0 Å². The predicted octanol–water partition coefficient (Wildman–Crippen LogP) is 3.28. The van der Waals surface area contributed by atoms with E-state index < -0.39 is 0 Å². The minimum absolute atomic E-state index is 0.111. The van der Waals surface area contributed by atoms with Gasteiger partial charge >= 0.3 is 0 Å². The SMILES string of the molecule is O=C1CSc2c(Cl)cc(Cl)cc21. The van der Waals surface area contributed by atoms with Gasteiger partial charge in [-0.2, -0.15) is 0 Å². The first-order valence-electron chi connectivity index (χ1n) is 3.33. The van der Waals surface area contributed by atoms with Crippen molar-refractivity contribution in [1.29, 1.82) is 0 Å². The quantitative estimate of drug-likeness (QED) is 0.665. The maximum absolute atomic E-state index is 11.2. The van der Waals surface area contributed by atoms with Crippen LogP contribution in [-0.4, -0.2) is 11.5 Å². The Morgan fingerprint density at radius 1 is 1.33 bits per heavy atom. The molecule has 0 fully saturated rings. The summed E-state index contributed by atoms with van der Waals surface area (Å²) in [4.78, 5) is 12.1. The van der Waals surface area contributed by atoms with Gasteiger partial charge in [-0.15, -0.1) is 11.8 Å². The summed E-state index contributed by atoms with van der Waals surface area (Å²) in [5.74, 6) is 0.592. The first-order chi connectivity index (χ1) is 5.68. The molecule has 4 heteroatoms. The smallest absolute Gasteiger partial charge is 0.174 e. The van der Waals surface area contributed by atoms with E-state index in [2.05, 4.69) is 0 Å². The number of hydrogen-bond donors (Lipinski definition) is 0. The Kier molecular flexibility index (Phi) is 2.07. The van der Waals surface area contributed by atoms with Crippen molar-refractivity contribution in [2.45, 2.75) is 4.90 Å². The van der Waals surface area contributed by atoms with E-state index in [9.17, 15) is 4.79 Å². The van der Waals surface area contributed by atoms with Crippen molar-refractivity contribution in [3.8, 4) is 0 Å². The van der Waals surface area contributed by atoms with Crippen molar-refractivity contribution in [2.24, 2.45) is 0 Å². The second kappa shape index (κ2) is 2.95. The molecule has 0 atom stereocenters. The van der Waals surface area contributed by atoms with Crippen LogP contribution < -0.4 is 0 Å². The Bertz CT molecular complexity index is 362. The molecule has 0 bridgehead atoms. The zero-order valence-corrected chi connectivity index (χ0v) is 8.26. The number of benzene rings is 1. The number of thioether (sulfide) groups is 1. The third kappa shape index (κ3) is 1.24. The maximum atomic E-state index is 11.2. The summed E-state index contributed by atoms with van der Waals surface area (Å²) in [7, 11) is 0. The van der Waals surface area contributed by atoms with Gasteiger partial charge in [0.1, 0.15) is 0 Å². The van der Waals surface area contributed by atoms with Gasteiger partial charge < -0.3 is 0 Å². The Morgan fingerprint density at radius 3 is 2.83 bits per heavy atom. The molecule has 0 aromatic heterocycles. The molecular weight excluding hydrogens is 215 g/mol. The van der Waals surface area contributed by atoms with E-state index in [0.717, 1.165) is 4.90 Å². The highest BCUT2D eigenvalue weighted by Crippen LogP contribution is 2.38. The van der Waals surface area contributed by atoms with Crippen molar-refractivity contribution in [3.05, 3.63) is 27.7 Å². The predicted molar refractivity (Wildman–Crippen MR) is 51.5 cm³/mol. The average molecular weight is 219 g/mol. The average Bonchev–Trinajstić information content (AvgIpc) is 2.33. The fourth-order valence-electron chi connectivity index (χ4n) is 1.13. The molecule has 1 aliphatic rings. The zero-order valence-electron chi connectivity index (χ0n) is 5.93. The standard InChI is InChI=1S/C8H4Cl2OS/c9-4-1-5-7(11)3-12-8(5)6(10)2-4/h1-2H,3H2. The number of carbonyl (C=O) groups is 1. The number of rotatable bonds is 0. The molecule has 1 aliphatic heterocycles.